The van der Waals surface area contributed by atoms with Gasteiger partial charge in [-0.3, -0.25) is 4.79 Å². The van der Waals surface area contributed by atoms with Gasteiger partial charge in [0.25, 0.3) is 5.91 Å². The molecule has 0 fully saturated rings. The second-order valence-electron chi connectivity index (χ2n) is 4.44. The second-order valence-corrected chi connectivity index (χ2v) is 4.85. The van der Waals surface area contributed by atoms with Crippen LogP contribution in [0.25, 0.3) is 0 Å². The van der Waals surface area contributed by atoms with E-state index in [0.717, 1.165) is 25.2 Å². The van der Waals surface area contributed by atoms with E-state index >= 15 is 0 Å². The highest BCUT2D eigenvalue weighted by Crippen LogP contribution is 2.30. The Labute approximate surface area is 112 Å². The van der Waals surface area contributed by atoms with Crippen LogP contribution in [-0.2, 0) is 0 Å². The summed E-state index contributed by atoms with van der Waals surface area (Å²) in [5, 5.41) is 6.77. The zero-order chi connectivity index (χ0) is 13.1. The topological polar surface area (TPSA) is 44.4 Å². The number of rotatable bonds is 4. The molecule has 2 N–H and O–H groups in total. The zero-order valence-corrected chi connectivity index (χ0v) is 11.4. The number of halogens is 1. The van der Waals surface area contributed by atoms with Gasteiger partial charge in [-0.2, -0.15) is 0 Å². The molecular weight excluding hydrogens is 250 g/mol. The maximum Gasteiger partial charge on any atom is 0.256 e. The van der Waals surface area contributed by atoms with Crippen LogP contribution in [0.5, 0.6) is 0 Å². The summed E-state index contributed by atoms with van der Waals surface area (Å²) >= 11 is 6.07. The number of benzene rings is 1. The average molecular weight is 268 g/mol. The third-order valence-corrected chi connectivity index (χ3v) is 3.44. The maximum atomic E-state index is 12.0. The van der Waals surface area contributed by atoms with E-state index in [0.29, 0.717) is 10.6 Å². The summed E-state index contributed by atoms with van der Waals surface area (Å²) < 4.78 is 0. The lowest BCUT2D eigenvalue weighted by atomic mass is 10.1. The third-order valence-electron chi connectivity index (χ3n) is 3.13. The van der Waals surface area contributed by atoms with Gasteiger partial charge in [0, 0.05) is 13.6 Å². The highest BCUT2D eigenvalue weighted by Gasteiger charge is 2.29. The number of hydrogen-bond acceptors (Lipinski definition) is 3. The molecule has 1 aromatic carbocycles. The van der Waals surface area contributed by atoms with Crippen LogP contribution < -0.4 is 15.5 Å². The van der Waals surface area contributed by atoms with E-state index in [1.54, 1.807) is 6.07 Å². The summed E-state index contributed by atoms with van der Waals surface area (Å²) in [6.07, 6.45) is 1.04. The molecule has 1 amide bonds. The van der Waals surface area contributed by atoms with Gasteiger partial charge in [0.2, 0.25) is 0 Å². The number of amides is 1. The summed E-state index contributed by atoms with van der Waals surface area (Å²) in [5.41, 5.74) is 1.45. The molecule has 2 rings (SSSR count). The van der Waals surface area contributed by atoms with Gasteiger partial charge in [0.05, 0.1) is 16.3 Å². The number of likely N-dealkylation sites (N-methyl/N-ethyl adjacent to an activating group) is 1. The first-order chi connectivity index (χ1) is 8.65. The van der Waals surface area contributed by atoms with Crippen molar-refractivity contribution in [1.82, 2.24) is 10.6 Å². The Balaban J connectivity index is 2.20. The van der Waals surface area contributed by atoms with Crippen LogP contribution in [0.4, 0.5) is 5.69 Å². The summed E-state index contributed by atoms with van der Waals surface area (Å²) in [6.45, 7) is 3.79. The Morgan fingerprint density at radius 1 is 1.50 bits per heavy atom. The number of carbonyl (C=O) groups excluding carboxylic acids is 1. The molecule has 1 aromatic rings. The number of anilines is 1. The van der Waals surface area contributed by atoms with Crippen molar-refractivity contribution in [2.24, 2.45) is 0 Å². The van der Waals surface area contributed by atoms with E-state index in [-0.39, 0.29) is 12.1 Å². The minimum Gasteiger partial charge on any atom is -0.353 e. The first-order valence-electron chi connectivity index (χ1n) is 6.18. The molecule has 1 aliphatic rings. The molecule has 1 heterocycles. The Morgan fingerprint density at radius 2 is 2.28 bits per heavy atom. The first kappa shape index (κ1) is 13.2. The number of carbonyl (C=O) groups is 1. The lowest BCUT2D eigenvalue weighted by molar-refractivity contribution is 0.0928. The van der Waals surface area contributed by atoms with E-state index in [1.807, 2.05) is 24.1 Å². The first-order valence-corrected chi connectivity index (χ1v) is 6.56. The smallest absolute Gasteiger partial charge is 0.256 e. The van der Waals surface area contributed by atoms with E-state index in [4.69, 9.17) is 11.6 Å². The van der Waals surface area contributed by atoms with Gasteiger partial charge in [0.15, 0.2) is 0 Å². The predicted octanol–water partition coefficient (Wildman–Crippen LogP) is 1.85. The summed E-state index contributed by atoms with van der Waals surface area (Å²) in [7, 11) is 1.97. The average Bonchev–Trinajstić information content (AvgIpc) is 2.35. The third kappa shape index (κ3) is 2.44. The van der Waals surface area contributed by atoms with Crippen LogP contribution in [0.1, 0.15) is 23.7 Å². The standard InChI is InChI=1S/C13H18ClN3O/c1-3-7-15-8-11-16-13(18)12-9(14)5-4-6-10(12)17(11)2/h4-6,11,15H,3,7-8H2,1-2H3,(H,16,18). The van der Waals surface area contributed by atoms with Gasteiger partial charge in [-0.1, -0.05) is 24.6 Å². The number of nitrogens with zero attached hydrogens (tertiary/aromatic N) is 1. The minimum atomic E-state index is -0.100. The Morgan fingerprint density at radius 3 is 3.00 bits per heavy atom. The molecule has 0 spiro atoms. The Bertz CT molecular complexity index is 450. The molecule has 0 bridgehead atoms. The highest BCUT2D eigenvalue weighted by molar-refractivity contribution is 6.34. The molecule has 1 atom stereocenters. The fourth-order valence-corrected chi connectivity index (χ4v) is 2.38. The summed E-state index contributed by atoms with van der Waals surface area (Å²) in [4.78, 5) is 14.1. The van der Waals surface area contributed by atoms with Crippen molar-refractivity contribution in [2.45, 2.75) is 19.5 Å². The van der Waals surface area contributed by atoms with Crippen molar-refractivity contribution in [3.05, 3.63) is 28.8 Å². The monoisotopic (exact) mass is 267 g/mol. The molecule has 98 valence electrons. The van der Waals surface area contributed by atoms with Gasteiger partial charge in [-0.05, 0) is 25.1 Å². The van der Waals surface area contributed by atoms with Crippen LogP contribution in [-0.4, -0.2) is 32.2 Å². The van der Waals surface area contributed by atoms with E-state index < -0.39 is 0 Å². The largest absolute Gasteiger partial charge is 0.353 e. The van der Waals surface area contributed by atoms with Gasteiger partial charge in [-0.15, -0.1) is 0 Å². The molecule has 1 unspecified atom stereocenters. The molecule has 18 heavy (non-hydrogen) atoms. The van der Waals surface area contributed by atoms with Gasteiger partial charge in [0.1, 0.15) is 6.17 Å². The van der Waals surface area contributed by atoms with Crippen molar-refractivity contribution in [3.8, 4) is 0 Å². The maximum absolute atomic E-state index is 12.0. The van der Waals surface area contributed by atoms with Crippen LogP contribution in [0, 0.1) is 0 Å². The minimum absolute atomic E-state index is 0.0324. The Hall–Kier alpha value is -1.26. The second kappa shape index (κ2) is 5.59. The molecule has 0 radical (unpaired) electrons. The zero-order valence-electron chi connectivity index (χ0n) is 10.7. The number of nitrogens with one attached hydrogen (secondary N) is 2. The molecule has 0 aromatic heterocycles. The molecule has 0 saturated heterocycles. The molecular formula is C13H18ClN3O. The van der Waals surface area contributed by atoms with Crippen molar-refractivity contribution < 1.29 is 4.79 Å². The van der Waals surface area contributed by atoms with Crippen molar-refractivity contribution in [1.29, 1.82) is 0 Å². The molecule has 4 nitrogen and oxygen atoms in total. The number of fused-ring (bicyclic) bond motifs is 1. The van der Waals surface area contributed by atoms with Crippen molar-refractivity contribution >= 4 is 23.2 Å². The van der Waals surface area contributed by atoms with Gasteiger partial charge in [-0.25, -0.2) is 0 Å². The molecule has 0 saturated carbocycles. The van der Waals surface area contributed by atoms with Crippen LogP contribution in [0.15, 0.2) is 18.2 Å². The van der Waals surface area contributed by atoms with E-state index in [2.05, 4.69) is 17.6 Å². The summed E-state index contributed by atoms with van der Waals surface area (Å²) in [6, 6.07) is 5.53. The van der Waals surface area contributed by atoms with Crippen LogP contribution in [0.3, 0.4) is 0 Å². The lowest BCUT2D eigenvalue weighted by Crippen LogP contribution is -2.55. The quantitative estimate of drug-likeness (QED) is 0.819. The molecule has 0 aliphatic carbocycles. The predicted molar refractivity (Wildman–Crippen MR) is 74.3 cm³/mol. The SMILES string of the molecule is CCCNCC1NC(=O)c2c(Cl)cccc2N1C. The summed E-state index contributed by atoms with van der Waals surface area (Å²) in [5.74, 6) is -0.100. The molecule has 5 heteroatoms. The highest BCUT2D eigenvalue weighted by atomic mass is 35.5. The molecule has 1 aliphatic heterocycles. The normalized spacial score (nSPS) is 18.5. The van der Waals surface area contributed by atoms with Crippen molar-refractivity contribution in [2.75, 3.05) is 25.0 Å². The fraction of sp³-hybridized carbons (Fsp3) is 0.462. The van der Waals surface area contributed by atoms with Crippen molar-refractivity contribution in [3.63, 3.8) is 0 Å². The fourth-order valence-electron chi connectivity index (χ4n) is 2.12. The van der Waals surface area contributed by atoms with E-state index in [9.17, 15) is 4.79 Å². The van der Waals surface area contributed by atoms with Gasteiger partial charge < -0.3 is 15.5 Å². The number of hydrogen-bond donors (Lipinski definition) is 2. The van der Waals surface area contributed by atoms with Gasteiger partial charge >= 0.3 is 0 Å². The lowest BCUT2D eigenvalue weighted by Gasteiger charge is -2.36. The van der Waals surface area contributed by atoms with Crippen LogP contribution in [0.2, 0.25) is 5.02 Å². The van der Waals surface area contributed by atoms with Crippen LogP contribution >= 0.6 is 11.6 Å². The Kier molecular flexibility index (Phi) is 4.09. The van der Waals surface area contributed by atoms with E-state index in [1.165, 1.54) is 0 Å².